The Kier molecular flexibility index (Phi) is 3.48. The van der Waals surface area contributed by atoms with E-state index in [1.807, 2.05) is 55.5 Å². The van der Waals surface area contributed by atoms with Crippen LogP contribution in [0.4, 0.5) is 0 Å². The molecule has 0 amide bonds. The lowest BCUT2D eigenvalue weighted by Crippen LogP contribution is -1.92. The summed E-state index contributed by atoms with van der Waals surface area (Å²) >= 11 is 8.13. The number of aromatic nitrogens is 5. The number of hydrogen-bond donors (Lipinski definition) is 0. The summed E-state index contributed by atoms with van der Waals surface area (Å²) < 4.78 is 1.76. The van der Waals surface area contributed by atoms with Crippen molar-refractivity contribution in [2.45, 2.75) is 6.92 Å². The molecule has 7 heteroatoms. The van der Waals surface area contributed by atoms with Crippen molar-refractivity contribution >= 4 is 38.8 Å². The van der Waals surface area contributed by atoms with E-state index in [9.17, 15) is 0 Å². The molecule has 0 aliphatic rings. The summed E-state index contributed by atoms with van der Waals surface area (Å²) in [7, 11) is 0. The zero-order chi connectivity index (χ0) is 17.7. The maximum atomic E-state index is 6.68. The lowest BCUT2D eigenvalue weighted by molar-refractivity contribution is 0.970. The maximum absolute atomic E-state index is 6.68. The van der Waals surface area contributed by atoms with Crippen LogP contribution >= 0.6 is 22.9 Å². The number of nitrogens with zero attached hydrogens (tertiary/aromatic N) is 5. The number of benzene rings is 2. The topological polar surface area (TPSA) is 56.0 Å². The first-order valence-corrected chi connectivity index (χ1v) is 9.23. The van der Waals surface area contributed by atoms with E-state index in [1.54, 1.807) is 10.7 Å². The first-order chi connectivity index (χ1) is 12.7. The van der Waals surface area contributed by atoms with Crippen LogP contribution in [0.2, 0.25) is 5.02 Å². The van der Waals surface area contributed by atoms with Crippen molar-refractivity contribution in [1.82, 2.24) is 24.8 Å². The van der Waals surface area contributed by atoms with Gasteiger partial charge in [-0.05, 0) is 19.1 Å². The van der Waals surface area contributed by atoms with Gasteiger partial charge in [0.05, 0.1) is 16.1 Å². The first-order valence-electron chi connectivity index (χ1n) is 8.03. The summed E-state index contributed by atoms with van der Waals surface area (Å²) in [6.45, 7) is 2.04. The predicted molar refractivity (Wildman–Crippen MR) is 105 cm³/mol. The van der Waals surface area contributed by atoms with Crippen molar-refractivity contribution in [2.24, 2.45) is 0 Å². The lowest BCUT2D eigenvalue weighted by Gasteiger charge is -2.05. The van der Waals surface area contributed by atoms with Crippen LogP contribution in [0.5, 0.6) is 0 Å². The zero-order valence-corrected chi connectivity index (χ0v) is 15.3. The summed E-state index contributed by atoms with van der Waals surface area (Å²) in [6, 6.07) is 15.9. The third kappa shape index (κ3) is 2.38. The number of aryl methyl sites for hydroxylation is 1. The number of hydrogen-bond acceptors (Lipinski definition) is 5. The van der Waals surface area contributed by atoms with Gasteiger partial charge in [0.2, 0.25) is 4.96 Å². The molecule has 126 valence electrons. The number of rotatable bonds is 2. The summed E-state index contributed by atoms with van der Waals surface area (Å²) in [5.41, 5.74) is 3.79. The van der Waals surface area contributed by atoms with E-state index in [0.29, 0.717) is 10.8 Å². The van der Waals surface area contributed by atoms with Crippen LogP contribution < -0.4 is 0 Å². The highest BCUT2D eigenvalue weighted by molar-refractivity contribution is 7.19. The highest BCUT2D eigenvalue weighted by Crippen LogP contribution is 2.36. The molecule has 0 unspecified atom stereocenters. The van der Waals surface area contributed by atoms with Crippen LogP contribution in [0, 0.1) is 6.92 Å². The molecule has 0 bridgehead atoms. The van der Waals surface area contributed by atoms with E-state index in [2.05, 4.69) is 15.2 Å². The third-order valence-corrected chi connectivity index (χ3v) is 5.55. The fourth-order valence-corrected chi connectivity index (χ4v) is 4.12. The second-order valence-corrected chi connectivity index (χ2v) is 7.33. The molecule has 2 aromatic carbocycles. The summed E-state index contributed by atoms with van der Waals surface area (Å²) in [6.07, 6.45) is 1.77. The van der Waals surface area contributed by atoms with Gasteiger partial charge < -0.3 is 0 Å². The smallest absolute Gasteiger partial charge is 0.235 e. The molecule has 5 rings (SSSR count). The van der Waals surface area contributed by atoms with Crippen LogP contribution in [0.1, 0.15) is 5.56 Å². The fraction of sp³-hybridized carbons (Fsp3) is 0.0526. The molecule has 0 aliphatic carbocycles. The van der Waals surface area contributed by atoms with Gasteiger partial charge in [-0.2, -0.15) is 9.61 Å². The van der Waals surface area contributed by atoms with Gasteiger partial charge in [0, 0.05) is 17.1 Å². The van der Waals surface area contributed by atoms with Crippen LogP contribution in [0.25, 0.3) is 37.8 Å². The van der Waals surface area contributed by atoms with Crippen LogP contribution in [0.15, 0.2) is 54.7 Å². The van der Waals surface area contributed by atoms with Crippen molar-refractivity contribution in [3.63, 3.8) is 0 Å². The molecule has 0 aliphatic heterocycles. The molecule has 3 aromatic heterocycles. The van der Waals surface area contributed by atoms with E-state index >= 15 is 0 Å². The minimum atomic E-state index is 0.657. The molecule has 0 fully saturated rings. The quantitative estimate of drug-likeness (QED) is 0.433. The second-order valence-electron chi connectivity index (χ2n) is 6.00. The molecule has 3 heterocycles. The van der Waals surface area contributed by atoms with E-state index in [4.69, 9.17) is 16.7 Å². The molecule has 0 atom stereocenters. The van der Waals surface area contributed by atoms with Crippen molar-refractivity contribution < 1.29 is 0 Å². The van der Waals surface area contributed by atoms with Crippen molar-refractivity contribution in [3.05, 3.63) is 65.3 Å². The Balaban J connectivity index is 1.69. The van der Waals surface area contributed by atoms with Gasteiger partial charge in [-0.3, -0.25) is 4.98 Å². The normalized spacial score (nSPS) is 11.5. The third-order valence-electron chi connectivity index (χ3n) is 4.21. The van der Waals surface area contributed by atoms with Gasteiger partial charge in [-0.25, -0.2) is 0 Å². The highest BCUT2D eigenvalue weighted by Gasteiger charge is 2.17. The van der Waals surface area contributed by atoms with Gasteiger partial charge >= 0.3 is 0 Å². The van der Waals surface area contributed by atoms with Crippen molar-refractivity contribution in [1.29, 1.82) is 0 Å². The summed E-state index contributed by atoms with van der Waals surface area (Å²) in [5.74, 6) is 0.712. The Morgan fingerprint density at radius 3 is 2.73 bits per heavy atom. The molecular formula is C19H12ClN5S. The standard InChI is InChI=1S/C19H12ClN5S/c1-11-7-8-15-13(9-11)16(20)14(10-21-15)18-24-25-17(22-23-19(25)26-18)12-5-3-2-4-6-12/h2-10H,1H3. The summed E-state index contributed by atoms with van der Waals surface area (Å²) in [5, 5.41) is 15.6. The number of pyridine rings is 1. The van der Waals surface area contributed by atoms with Crippen molar-refractivity contribution in [3.8, 4) is 22.0 Å². The SMILES string of the molecule is Cc1ccc2ncc(-c3nn4c(-c5ccccc5)nnc4s3)c(Cl)c2c1. The zero-order valence-electron chi connectivity index (χ0n) is 13.7. The maximum Gasteiger partial charge on any atom is 0.235 e. The van der Waals surface area contributed by atoms with Crippen molar-refractivity contribution in [2.75, 3.05) is 0 Å². The van der Waals surface area contributed by atoms with E-state index in [0.717, 1.165) is 37.6 Å². The average molecular weight is 378 g/mol. The highest BCUT2D eigenvalue weighted by atomic mass is 35.5. The monoisotopic (exact) mass is 377 g/mol. The Bertz CT molecular complexity index is 1260. The van der Waals surface area contributed by atoms with Gasteiger partial charge in [0.1, 0.15) is 0 Å². The van der Waals surface area contributed by atoms with Gasteiger partial charge in [-0.1, -0.05) is 64.9 Å². The van der Waals surface area contributed by atoms with E-state index < -0.39 is 0 Å². The molecule has 5 aromatic rings. The van der Waals surface area contributed by atoms with Gasteiger partial charge in [-0.15, -0.1) is 10.2 Å². The molecule has 26 heavy (non-hydrogen) atoms. The van der Waals surface area contributed by atoms with Crippen LogP contribution in [0.3, 0.4) is 0 Å². The van der Waals surface area contributed by atoms with Crippen LogP contribution in [-0.4, -0.2) is 24.8 Å². The Morgan fingerprint density at radius 2 is 1.88 bits per heavy atom. The molecule has 0 spiro atoms. The number of fused-ring (bicyclic) bond motifs is 2. The van der Waals surface area contributed by atoms with Crippen LogP contribution in [-0.2, 0) is 0 Å². The molecule has 0 radical (unpaired) electrons. The lowest BCUT2D eigenvalue weighted by atomic mass is 10.1. The Morgan fingerprint density at radius 1 is 1.04 bits per heavy atom. The fourth-order valence-electron chi connectivity index (χ4n) is 2.92. The molecule has 0 saturated carbocycles. The van der Waals surface area contributed by atoms with E-state index in [-0.39, 0.29) is 0 Å². The molecule has 0 saturated heterocycles. The molecule has 5 nitrogen and oxygen atoms in total. The van der Waals surface area contributed by atoms with E-state index in [1.165, 1.54) is 11.3 Å². The molecule has 0 N–H and O–H groups in total. The first kappa shape index (κ1) is 15.4. The average Bonchev–Trinajstić information content (AvgIpc) is 3.24. The Labute approximate surface area is 157 Å². The minimum Gasteiger partial charge on any atom is -0.255 e. The second kappa shape index (κ2) is 5.86. The largest absolute Gasteiger partial charge is 0.255 e. The Hall–Kier alpha value is -2.83. The number of halogens is 1. The predicted octanol–water partition coefficient (Wildman–Crippen LogP) is 5.03. The minimum absolute atomic E-state index is 0.657. The summed E-state index contributed by atoms with van der Waals surface area (Å²) in [4.78, 5) is 5.25. The van der Waals surface area contributed by atoms with Gasteiger partial charge in [0.25, 0.3) is 0 Å². The van der Waals surface area contributed by atoms with Gasteiger partial charge in [0.15, 0.2) is 10.8 Å². The molecular weight excluding hydrogens is 366 g/mol.